The van der Waals surface area contributed by atoms with Crippen LogP contribution in [0, 0.1) is 14.9 Å². The van der Waals surface area contributed by atoms with Crippen LogP contribution in [0.5, 0.6) is 0 Å². The molecule has 0 aliphatic rings. The molecule has 2 nitrogen and oxygen atoms in total. The van der Waals surface area contributed by atoms with E-state index in [2.05, 4.69) is 28.7 Å². The molecular formula is C9H5IN2S. The molecule has 0 amide bonds. The molecule has 0 spiro atoms. The van der Waals surface area contributed by atoms with Crippen molar-refractivity contribution in [3.05, 3.63) is 27.3 Å². The van der Waals surface area contributed by atoms with Crippen molar-refractivity contribution in [3.8, 4) is 6.07 Å². The Kier molecular flexibility index (Phi) is 2.14. The number of anilines is 1. The Balaban J connectivity index is 2.95. The highest BCUT2D eigenvalue weighted by molar-refractivity contribution is 14.1. The molecule has 0 saturated heterocycles. The van der Waals surface area contributed by atoms with Gasteiger partial charge in [0.15, 0.2) is 0 Å². The molecule has 2 rings (SSSR count). The molecule has 0 unspecified atom stereocenters. The smallest absolute Gasteiger partial charge is 0.101 e. The van der Waals surface area contributed by atoms with Crippen LogP contribution >= 0.6 is 33.9 Å². The van der Waals surface area contributed by atoms with Crippen molar-refractivity contribution in [2.75, 3.05) is 5.73 Å². The first-order valence-corrected chi connectivity index (χ1v) is 5.50. The van der Waals surface area contributed by atoms with Crippen molar-refractivity contribution in [1.29, 1.82) is 5.26 Å². The van der Waals surface area contributed by atoms with Gasteiger partial charge in [-0.3, -0.25) is 0 Å². The summed E-state index contributed by atoms with van der Waals surface area (Å²) >= 11 is 3.68. The van der Waals surface area contributed by atoms with E-state index in [9.17, 15) is 0 Å². The van der Waals surface area contributed by atoms with Crippen molar-refractivity contribution < 1.29 is 0 Å². The normalized spacial score (nSPS) is 10.2. The molecule has 1 aromatic heterocycles. The van der Waals surface area contributed by atoms with Crippen LogP contribution in [0.1, 0.15) is 5.56 Å². The maximum absolute atomic E-state index is 8.85. The minimum absolute atomic E-state index is 0.706. The van der Waals surface area contributed by atoms with E-state index in [1.165, 1.54) is 11.3 Å². The van der Waals surface area contributed by atoms with Crippen molar-refractivity contribution >= 4 is 49.0 Å². The largest absolute Gasteiger partial charge is 0.390 e. The summed E-state index contributed by atoms with van der Waals surface area (Å²) in [7, 11) is 0. The highest BCUT2D eigenvalue weighted by Gasteiger charge is 2.09. The topological polar surface area (TPSA) is 49.8 Å². The summed E-state index contributed by atoms with van der Waals surface area (Å²) in [5, 5.41) is 10.7. The van der Waals surface area contributed by atoms with Crippen LogP contribution in [0.4, 0.5) is 5.00 Å². The van der Waals surface area contributed by atoms with Gasteiger partial charge in [0.2, 0.25) is 0 Å². The van der Waals surface area contributed by atoms with Crippen LogP contribution in [-0.4, -0.2) is 0 Å². The van der Waals surface area contributed by atoms with E-state index in [0.29, 0.717) is 5.56 Å². The molecule has 13 heavy (non-hydrogen) atoms. The molecule has 64 valence electrons. The average molecular weight is 300 g/mol. The average Bonchev–Trinajstić information content (AvgIpc) is 2.43. The van der Waals surface area contributed by atoms with Gasteiger partial charge >= 0.3 is 0 Å². The number of benzene rings is 1. The van der Waals surface area contributed by atoms with Crippen molar-refractivity contribution in [1.82, 2.24) is 0 Å². The van der Waals surface area contributed by atoms with Crippen LogP contribution in [0.15, 0.2) is 18.2 Å². The zero-order valence-corrected chi connectivity index (χ0v) is 9.52. The Labute approximate surface area is 93.1 Å². The van der Waals surface area contributed by atoms with E-state index in [4.69, 9.17) is 11.0 Å². The SMILES string of the molecule is N#Cc1cccc2c(I)c(N)sc12. The number of thiophene rings is 1. The monoisotopic (exact) mass is 300 g/mol. The number of rotatable bonds is 0. The molecule has 1 aromatic carbocycles. The lowest BCUT2D eigenvalue weighted by atomic mass is 10.2. The molecule has 0 atom stereocenters. The summed E-state index contributed by atoms with van der Waals surface area (Å²) in [6.07, 6.45) is 0. The summed E-state index contributed by atoms with van der Waals surface area (Å²) in [4.78, 5) is 0. The van der Waals surface area contributed by atoms with Gasteiger partial charge in [-0.25, -0.2) is 0 Å². The summed E-state index contributed by atoms with van der Waals surface area (Å²) in [5.41, 5.74) is 6.48. The van der Waals surface area contributed by atoms with Gasteiger partial charge < -0.3 is 5.73 Å². The zero-order chi connectivity index (χ0) is 9.42. The van der Waals surface area contributed by atoms with Gasteiger partial charge in [0.25, 0.3) is 0 Å². The maximum Gasteiger partial charge on any atom is 0.101 e. The fraction of sp³-hybridized carbons (Fsp3) is 0. The van der Waals surface area contributed by atoms with Crippen molar-refractivity contribution in [3.63, 3.8) is 0 Å². The van der Waals surface area contributed by atoms with Crippen LogP contribution in [0.2, 0.25) is 0 Å². The third-order valence-electron chi connectivity index (χ3n) is 1.80. The lowest BCUT2D eigenvalue weighted by Crippen LogP contribution is -1.79. The first-order valence-electron chi connectivity index (χ1n) is 3.60. The van der Waals surface area contributed by atoms with Crippen LogP contribution in [0.3, 0.4) is 0 Å². The predicted octanol–water partition coefficient (Wildman–Crippen LogP) is 2.96. The highest BCUT2D eigenvalue weighted by Crippen LogP contribution is 2.35. The highest BCUT2D eigenvalue weighted by atomic mass is 127. The number of hydrogen-bond acceptors (Lipinski definition) is 3. The van der Waals surface area contributed by atoms with E-state index in [0.717, 1.165) is 18.7 Å². The Morgan fingerprint density at radius 3 is 2.92 bits per heavy atom. The number of nitrogen functional groups attached to an aromatic ring is 1. The van der Waals surface area contributed by atoms with Crippen molar-refractivity contribution in [2.45, 2.75) is 0 Å². The molecule has 0 bridgehead atoms. The van der Waals surface area contributed by atoms with Crippen molar-refractivity contribution in [2.24, 2.45) is 0 Å². The second-order valence-electron chi connectivity index (χ2n) is 2.57. The third-order valence-corrected chi connectivity index (χ3v) is 4.40. The van der Waals surface area contributed by atoms with E-state index in [1.807, 2.05) is 18.2 Å². The number of nitrogens with two attached hydrogens (primary N) is 1. The maximum atomic E-state index is 8.85. The number of hydrogen-bond donors (Lipinski definition) is 1. The molecule has 0 radical (unpaired) electrons. The van der Waals surface area contributed by atoms with Gasteiger partial charge in [0.05, 0.1) is 13.8 Å². The Morgan fingerprint density at radius 1 is 1.46 bits per heavy atom. The van der Waals surface area contributed by atoms with Crippen LogP contribution < -0.4 is 5.73 Å². The number of nitrogens with zero attached hydrogens (tertiary/aromatic N) is 1. The van der Waals surface area contributed by atoms with E-state index in [1.54, 1.807) is 0 Å². The second-order valence-corrected chi connectivity index (χ2v) is 4.71. The lowest BCUT2D eigenvalue weighted by Gasteiger charge is -1.90. The fourth-order valence-corrected chi connectivity index (χ4v) is 3.08. The molecule has 0 saturated carbocycles. The Bertz CT molecular complexity index is 510. The number of halogens is 1. The Hall–Kier alpha value is -0.800. The number of fused-ring (bicyclic) bond motifs is 1. The molecule has 0 aliphatic heterocycles. The van der Waals surface area contributed by atoms with E-state index in [-0.39, 0.29) is 0 Å². The minimum Gasteiger partial charge on any atom is -0.390 e. The third kappa shape index (κ3) is 1.28. The minimum atomic E-state index is 0.706. The molecule has 2 N–H and O–H groups in total. The molecule has 1 heterocycles. The predicted molar refractivity (Wildman–Crippen MR) is 63.7 cm³/mol. The number of nitriles is 1. The van der Waals surface area contributed by atoms with Crippen LogP contribution in [-0.2, 0) is 0 Å². The van der Waals surface area contributed by atoms with E-state index >= 15 is 0 Å². The lowest BCUT2D eigenvalue weighted by molar-refractivity contribution is 1.51. The zero-order valence-electron chi connectivity index (χ0n) is 6.54. The van der Waals surface area contributed by atoms with Gasteiger partial charge in [-0.1, -0.05) is 12.1 Å². The fourth-order valence-electron chi connectivity index (χ4n) is 1.20. The quantitative estimate of drug-likeness (QED) is 0.760. The Morgan fingerprint density at radius 2 is 2.23 bits per heavy atom. The van der Waals surface area contributed by atoms with Gasteiger partial charge in [0, 0.05) is 5.39 Å². The molecule has 0 fully saturated rings. The van der Waals surface area contributed by atoms with Crippen LogP contribution in [0.25, 0.3) is 10.1 Å². The summed E-state index contributed by atoms with van der Waals surface area (Å²) in [6, 6.07) is 7.85. The summed E-state index contributed by atoms with van der Waals surface area (Å²) in [6.45, 7) is 0. The standard InChI is InChI=1S/C9H5IN2S/c10-7-6-3-1-2-5(4-11)8(6)13-9(7)12/h1-3H,12H2. The molecule has 2 aromatic rings. The molecule has 0 aliphatic carbocycles. The summed E-state index contributed by atoms with van der Waals surface area (Å²) < 4.78 is 2.04. The first-order chi connectivity index (χ1) is 6.24. The van der Waals surface area contributed by atoms with Gasteiger partial charge in [0.1, 0.15) is 11.1 Å². The summed E-state index contributed by atoms with van der Waals surface area (Å²) in [5.74, 6) is 0. The van der Waals surface area contributed by atoms with Gasteiger partial charge in [-0.15, -0.1) is 11.3 Å². The van der Waals surface area contributed by atoms with E-state index < -0.39 is 0 Å². The first kappa shape index (κ1) is 8.78. The van der Waals surface area contributed by atoms with Gasteiger partial charge in [-0.2, -0.15) is 5.26 Å². The second kappa shape index (κ2) is 3.16. The van der Waals surface area contributed by atoms with Gasteiger partial charge in [-0.05, 0) is 28.7 Å². The molecular weight excluding hydrogens is 295 g/mol. The molecule has 4 heteroatoms.